The van der Waals surface area contributed by atoms with Gasteiger partial charge in [-0.25, -0.2) is 9.97 Å². The Hall–Kier alpha value is -4.13. The number of para-hydroxylation sites is 2. The van der Waals surface area contributed by atoms with Crippen molar-refractivity contribution in [2.45, 2.75) is 19.9 Å². The van der Waals surface area contributed by atoms with E-state index in [2.05, 4.69) is 21.4 Å². The van der Waals surface area contributed by atoms with E-state index in [0.29, 0.717) is 24.5 Å². The second kappa shape index (κ2) is 9.16. The lowest BCUT2D eigenvalue weighted by Crippen LogP contribution is -2.26. The summed E-state index contributed by atoms with van der Waals surface area (Å²) in [4.78, 5) is 25.4. The third-order valence-corrected chi connectivity index (χ3v) is 5.61. The Morgan fingerprint density at radius 1 is 1.12 bits per heavy atom. The number of carbonyl (C=O) groups excluding carboxylic acids is 1. The Labute approximate surface area is 191 Å². The van der Waals surface area contributed by atoms with Crippen LogP contribution in [0.5, 0.6) is 5.75 Å². The molecule has 0 saturated heterocycles. The van der Waals surface area contributed by atoms with Crippen LogP contribution in [-0.2, 0) is 6.54 Å². The number of amides is 1. The van der Waals surface area contributed by atoms with Crippen molar-refractivity contribution < 1.29 is 9.53 Å². The molecule has 166 valence electrons. The van der Waals surface area contributed by atoms with Crippen LogP contribution in [0.1, 0.15) is 23.8 Å². The van der Waals surface area contributed by atoms with Gasteiger partial charge in [0, 0.05) is 47.3 Å². The van der Waals surface area contributed by atoms with Gasteiger partial charge in [-0.05, 0) is 37.6 Å². The number of carbonyl (C=O) groups is 1. The summed E-state index contributed by atoms with van der Waals surface area (Å²) in [7, 11) is 0. The van der Waals surface area contributed by atoms with Crippen LogP contribution in [0, 0.1) is 0 Å². The van der Waals surface area contributed by atoms with E-state index in [-0.39, 0.29) is 5.91 Å². The Morgan fingerprint density at radius 3 is 2.82 bits per heavy atom. The van der Waals surface area contributed by atoms with Gasteiger partial charge in [0.2, 0.25) is 0 Å². The van der Waals surface area contributed by atoms with Gasteiger partial charge in [-0.3, -0.25) is 4.79 Å². The van der Waals surface area contributed by atoms with E-state index in [1.54, 1.807) is 12.5 Å². The summed E-state index contributed by atoms with van der Waals surface area (Å²) in [5.74, 6) is 0.549. The molecule has 0 aliphatic rings. The van der Waals surface area contributed by atoms with Crippen LogP contribution in [0.15, 0.2) is 73.3 Å². The molecule has 2 N–H and O–H groups in total. The minimum atomic E-state index is -0.192. The number of aromatic nitrogens is 4. The lowest BCUT2D eigenvalue weighted by molar-refractivity contribution is 0.0948. The number of aryl methyl sites for hydroxylation is 1. The van der Waals surface area contributed by atoms with Gasteiger partial charge >= 0.3 is 0 Å². The van der Waals surface area contributed by atoms with E-state index < -0.39 is 0 Å². The topological polar surface area (TPSA) is 84.8 Å². The van der Waals surface area contributed by atoms with Crippen LogP contribution in [0.4, 0.5) is 0 Å². The normalized spacial score (nSPS) is 11.2. The van der Waals surface area contributed by atoms with Gasteiger partial charge < -0.3 is 19.6 Å². The monoisotopic (exact) mass is 439 g/mol. The molecule has 0 saturated carbocycles. The average molecular weight is 440 g/mol. The van der Waals surface area contributed by atoms with Crippen LogP contribution >= 0.6 is 0 Å². The van der Waals surface area contributed by atoms with Gasteiger partial charge in [0.25, 0.3) is 5.91 Å². The van der Waals surface area contributed by atoms with E-state index in [1.807, 2.05) is 66.2 Å². The summed E-state index contributed by atoms with van der Waals surface area (Å²) < 4.78 is 7.86. The van der Waals surface area contributed by atoms with Gasteiger partial charge in [0.1, 0.15) is 11.4 Å². The van der Waals surface area contributed by atoms with Crippen molar-refractivity contribution in [1.29, 1.82) is 0 Å². The maximum atomic E-state index is 13.1. The second-order valence-corrected chi connectivity index (χ2v) is 7.79. The number of fused-ring (bicyclic) bond motifs is 3. The van der Waals surface area contributed by atoms with Crippen LogP contribution < -0.4 is 10.1 Å². The predicted octanol–water partition coefficient (Wildman–Crippen LogP) is 4.80. The summed E-state index contributed by atoms with van der Waals surface area (Å²) in [6, 6.07) is 17.7. The smallest absolute Gasteiger partial charge is 0.269 e. The van der Waals surface area contributed by atoms with Gasteiger partial charge in [-0.1, -0.05) is 30.3 Å². The molecule has 0 atom stereocenters. The number of hydrogen-bond acceptors (Lipinski definition) is 4. The fraction of sp³-hybridized carbons (Fsp3) is 0.192. The molecule has 3 heterocycles. The Bertz CT molecular complexity index is 1410. The number of nitrogens with one attached hydrogen (secondary N) is 2. The molecule has 0 unspecified atom stereocenters. The number of H-pyrrole nitrogens is 1. The molecule has 5 rings (SSSR count). The maximum absolute atomic E-state index is 13.1. The number of nitrogens with zero attached hydrogens (tertiary/aromatic N) is 3. The Kier molecular flexibility index (Phi) is 5.76. The molecule has 33 heavy (non-hydrogen) atoms. The molecule has 7 nitrogen and oxygen atoms in total. The molecule has 0 aliphatic carbocycles. The van der Waals surface area contributed by atoms with Crippen LogP contribution in [0.3, 0.4) is 0 Å². The summed E-state index contributed by atoms with van der Waals surface area (Å²) in [6.07, 6.45) is 6.24. The van der Waals surface area contributed by atoms with Crippen molar-refractivity contribution in [3.05, 3.63) is 79.0 Å². The summed E-state index contributed by atoms with van der Waals surface area (Å²) >= 11 is 0. The molecule has 0 bridgehead atoms. The first-order valence-corrected chi connectivity index (χ1v) is 11.1. The van der Waals surface area contributed by atoms with E-state index in [9.17, 15) is 4.79 Å². The summed E-state index contributed by atoms with van der Waals surface area (Å²) in [6.45, 7) is 3.85. The van der Waals surface area contributed by atoms with E-state index in [4.69, 9.17) is 9.72 Å². The highest BCUT2D eigenvalue weighted by Gasteiger charge is 2.19. The lowest BCUT2D eigenvalue weighted by Gasteiger charge is -2.12. The van der Waals surface area contributed by atoms with Crippen molar-refractivity contribution in [2.24, 2.45) is 0 Å². The highest BCUT2D eigenvalue weighted by molar-refractivity contribution is 6.13. The minimum absolute atomic E-state index is 0.192. The van der Waals surface area contributed by atoms with Crippen molar-refractivity contribution in [3.8, 4) is 17.0 Å². The Balaban J connectivity index is 1.53. The molecule has 7 heteroatoms. The molecule has 0 fully saturated rings. The standard InChI is InChI=1S/C26H25N5O2/c1-2-33-23-11-6-4-9-19(23)24-25-20(18-8-3-5-10-21(18)29-25)16-22(30-24)26(32)28-12-7-14-31-15-13-27-17-31/h3-6,8-11,13,15-17,29H,2,7,12,14H2,1H3,(H,28,32). The summed E-state index contributed by atoms with van der Waals surface area (Å²) in [5, 5.41) is 5.03. The fourth-order valence-corrected chi connectivity index (χ4v) is 4.07. The molecule has 2 aromatic carbocycles. The zero-order chi connectivity index (χ0) is 22.6. The maximum Gasteiger partial charge on any atom is 0.269 e. The SMILES string of the molecule is CCOc1ccccc1-c1nc(C(=O)NCCCn2ccnc2)cc2c1[nH]c1ccccc12. The van der Waals surface area contributed by atoms with E-state index in [0.717, 1.165) is 46.1 Å². The zero-order valence-electron chi connectivity index (χ0n) is 18.4. The molecule has 5 aromatic rings. The number of imidazole rings is 1. The Morgan fingerprint density at radius 2 is 1.97 bits per heavy atom. The van der Waals surface area contributed by atoms with Crippen molar-refractivity contribution in [1.82, 2.24) is 24.8 Å². The molecular weight excluding hydrogens is 414 g/mol. The average Bonchev–Trinajstić information content (AvgIpc) is 3.49. The van der Waals surface area contributed by atoms with Gasteiger partial charge in [-0.2, -0.15) is 0 Å². The van der Waals surface area contributed by atoms with Crippen LogP contribution in [0.2, 0.25) is 0 Å². The molecular formula is C26H25N5O2. The third-order valence-electron chi connectivity index (χ3n) is 5.61. The van der Waals surface area contributed by atoms with Crippen LogP contribution in [0.25, 0.3) is 33.1 Å². The number of rotatable bonds is 8. The van der Waals surface area contributed by atoms with Crippen molar-refractivity contribution in [2.75, 3.05) is 13.2 Å². The largest absolute Gasteiger partial charge is 0.493 e. The molecule has 0 radical (unpaired) electrons. The number of pyridine rings is 1. The number of ether oxygens (including phenoxy) is 1. The van der Waals surface area contributed by atoms with Gasteiger partial charge in [0.15, 0.2) is 0 Å². The first-order valence-electron chi connectivity index (χ1n) is 11.1. The quantitative estimate of drug-likeness (QED) is 0.340. The van der Waals surface area contributed by atoms with Crippen molar-refractivity contribution >= 4 is 27.7 Å². The first-order chi connectivity index (χ1) is 16.2. The van der Waals surface area contributed by atoms with Crippen molar-refractivity contribution in [3.63, 3.8) is 0 Å². The number of aromatic amines is 1. The van der Waals surface area contributed by atoms with Crippen LogP contribution in [-0.4, -0.2) is 38.6 Å². The van der Waals surface area contributed by atoms with Gasteiger partial charge in [-0.15, -0.1) is 0 Å². The highest BCUT2D eigenvalue weighted by atomic mass is 16.5. The molecule has 3 aromatic heterocycles. The molecule has 0 aliphatic heterocycles. The second-order valence-electron chi connectivity index (χ2n) is 7.79. The van der Waals surface area contributed by atoms with E-state index in [1.165, 1.54) is 0 Å². The molecule has 0 spiro atoms. The first kappa shape index (κ1) is 20.8. The summed E-state index contributed by atoms with van der Waals surface area (Å²) in [5.41, 5.74) is 3.83. The number of benzene rings is 2. The fourth-order valence-electron chi connectivity index (χ4n) is 4.07. The highest BCUT2D eigenvalue weighted by Crippen LogP contribution is 2.36. The molecule has 1 amide bonds. The zero-order valence-corrected chi connectivity index (χ0v) is 18.4. The third kappa shape index (κ3) is 4.17. The van der Waals surface area contributed by atoms with E-state index >= 15 is 0 Å². The minimum Gasteiger partial charge on any atom is -0.493 e. The lowest BCUT2D eigenvalue weighted by atomic mass is 10.1. The number of hydrogen-bond donors (Lipinski definition) is 2. The predicted molar refractivity (Wildman–Crippen MR) is 129 cm³/mol. The van der Waals surface area contributed by atoms with Gasteiger partial charge in [0.05, 0.1) is 24.1 Å².